The molecule has 8 heteroatoms. The second kappa shape index (κ2) is 10.0. The highest BCUT2D eigenvalue weighted by molar-refractivity contribution is 7.89. The summed E-state index contributed by atoms with van der Waals surface area (Å²) in [7, 11) is 0.981. The zero-order valence-corrected chi connectivity index (χ0v) is 20.3. The third-order valence-corrected chi connectivity index (χ3v) is 8.12. The number of amides is 1. The number of hydrogen-bond donors (Lipinski definition) is 1. The predicted molar refractivity (Wildman–Crippen MR) is 126 cm³/mol. The SMILES string of the molecule is COc1ccccc1C(CNC(=O)c1cc(C)c(C)c(S(=O)(=O)N(C)C)c1)N1CCCC1. The monoisotopic (exact) mass is 459 g/mol. The Kier molecular flexibility index (Phi) is 7.59. The summed E-state index contributed by atoms with van der Waals surface area (Å²) in [6, 6.07) is 11.1. The maximum atomic E-state index is 13.1. The van der Waals surface area contributed by atoms with Crippen LogP contribution in [0.1, 0.15) is 45.9 Å². The molecule has 1 aliphatic heterocycles. The minimum absolute atomic E-state index is 0.0193. The maximum absolute atomic E-state index is 13.1. The normalized spacial score (nSPS) is 15.7. The number of carbonyl (C=O) groups excluding carboxylic acids is 1. The molecule has 1 saturated heterocycles. The van der Waals surface area contributed by atoms with Gasteiger partial charge in [-0.3, -0.25) is 9.69 Å². The first-order valence-electron chi connectivity index (χ1n) is 10.9. The molecule has 7 nitrogen and oxygen atoms in total. The molecule has 1 aliphatic rings. The van der Waals surface area contributed by atoms with E-state index >= 15 is 0 Å². The third kappa shape index (κ3) is 4.98. The molecule has 0 bridgehead atoms. The van der Waals surface area contributed by atoms with E-state index in [4.69, 9.17) is 4.74 Å². The van der Waals surface area contributed by atoms with Crippen LogP contribution in [-0.2, 0) is 10.0 Å². The molecule has 1 fully saturated rings. The topological polar surface area (TPSA) is 78.9 Å². The molecular formula is C24H33N3O4S. The molecule has 1 heterocycles. The smallest absolute Gasteiger partial charge is 0.251 e. The number of nitrogens with one attached hydrogen (secondary N) is 1. The van der Waals surface area contributed by atoms with Gasteiger partial charge in [0.15, 0.2) is 0 Å². The van der Waals surface area contributed by atoms with Crippen molar-refractivity contribution in [3.05, 3.63) is 58.7 Å². The van der Waals surface area contributed by atoms with Crippen molar-refractivity contribution in [1.29, 1.82) is 0 Å². The van der Waals surface area contributed by atoms with Gasteiger partial charge in [-0.25, -0.2) is 12.7 Å². The van der Waals surface area contributed by atoms with E-state index in [9.17, 15) is 13.2 Å². The Morgan fingerprint density at radius 2 is 1.81 bits per heavy atom. The highest BCUT2D eigenvalue weighted by Crippen LogP contribution is 2.31. The summed E-state index contributed by atoms with van der Waals surface area (Å²) < 4.78 is 32.2. The zero-order chi connectivity index (χ0) is 23.5. The van der Waals surface area contributed by atoms with Gasteiger partial charge in [-0.15, -0.1) is 0 Å². The molecule has 2 aromatic carbocycles. The fourth-order valence-corrected chi connectivity index (χ4v) is 5.36. The van der Waals surface area contributed by atoms with Crippen LogP contribution in [0, 0.1) is 13.8 Å². The Balaban J connectivity index is 1.88. The average Bonchev–Trinajstić information content (AvgIpc) is 3.30. The van der Waals surface area contributed by atoms with Crippen LogP contribution in [0.2, 0.25) is 0 Å². The van der Waals surface area contributed by atoms with Crippen LogP contribution in [0.25, 0.3) is 0 Å². The van der Waals surface area contributed by atoms with Crippen molar-refractivity contribution >= 4 is 15.9 Å². The molecule has 174 valence electrons. The number of benzene rings is 2. The number of rotatable bonds is 8. The lowest BCUT2D eigenvalue weighted by Crippen LogP contribution is -2.37. The molecule has 2 aromatic rings. The number of nitrogens with zero attached hydrogens (tertiary/aromatic N) is 2. The van der Waals surface area contributed by atoms with Crippen molar-refractivity contribution in [2.24, 2.45) is 0 Å². The molecule has 0 aromatic heterocycles. The highest BCUT2D eigenvalue weighted by Gasteiger charge is 2.27. The first-order valence-corrected chi connectivity index (χ1v) is 12.3. The molecule has 3 rings (SSSR count). The maximum Gasteiger partial charge on any atom is 0.251 e. The van der Waals surface area contributed by atoms with Crippen LogP contribution in [0.5, 0.6) is 5.75 Å². The van der Waals surface area contributed by atoms with Crippen molar-refractivity contribution in [3.8, 4) is 5.75 Å². The van der Waals surface area contributed by atoms with Crippen molar-refractivity contribution < 1.29 is 17.9 Å². The molecule has 0 radical (unpaired) electrons. The van der Waals surface area contributed by atoms with E-state index in [2.05, 4.69) is 10.2 Å². The fraction of sp³-hybridized carbons (Fsp3) is 0.458. The van der Waals surface area contributed by atoms with Crippen LogP contribution in [0.3, 0.4) is 0 Å². The van der Waals surface area contributed by atoms with Crippen molar-refractivity contribution in [2.75, 3.05) is 40.8 Å². The highest BCUT2D eigenvalue weighted by atomic mass is 32.2. The van der Waals surface area contributed by atoms with Gasteiger partial charge in [0.2, 0.25) is 10.0 Å². The average molecular weight is 460 g/mol. The minimum Gasteiger partial charge on any atom is -0.496 e. The molecule has 0 saturated carbocycles. The number of carbonyl (C=O) groups is 1. The second-order valence-corrected chi connectivity index (χ2v) is 10.5. The van der Waals surface area contributed by atoms with E-state index in [0.29, 0.717) is 17.7 Å². The Labute approximate surface area is 191 Å². The Bertz CT molecular complexity index is 1080. The van der Waals surface area contributed by atoms with Gasteiger partial charge in [0.25, 0.3) is 5.91 Å². The Hall–Kier alpha value is -2.42. The van der Waals surface area contributed by atoms with Crippen LogP contribution in [-0.4, -0.2) is 64.4 Å². The van der Waals surface area contributed by atoms with Gasteiger partial charge in [-0.05, 0) is 69.1 Å². The number of para-hydroxylation sites is 1. The Morgan fingerprint density at radius 1 is 1.16 bits per heavy atom. The van der Waals surface area contributed by atoms with Gasteiger partial charge < -0.3 is 10.1 Å². The van der Waals surface area contributed by atoms with Crippen LogP contribution in [0.15, 0.2) is 41.3 Å². The number of methoxy groups -OCH3 is 1. The number of aryl methyl sites for hydroxylation is 1. The quantitative estimate of drug-likeness (QED) is 0.656. The van der Waals surface area contributed by atoms with Crippen molar-refractivity contribution in [2.45, 2.75) is 37.6 Å². The molecule has 1 amide bonds. The van der Waals surface area contributed by atoms with Gasteiger partial charge >= 0.3 is 0 Å². The lowest BCUT2D eigenvalue weighted by Gasteiger charge is -2.29. The van der Waals surface area contributed by atoms with Crippen LogP contribution < -0.4 is 10.1 Å². The minimum atomic E-state index is -3.65. The Morgan fingerprint density at radius 3 is 2.44 bits per heavy atom. The van der Waals surface area contributed by atoms with Gasteiger partial charge in [0.1, 0.15) is 5.75 Å². The lowest BCUT2D eigenvalue weighted by atomic mass is 10.0. The molecular weight excluding hydrogens is 426 g/mol. The predicted octanol–water partition coefficient (Wildman–Crippen LogP) is 3.13. The number of hydrogen-bond acceptors (Lipinski definition) is 5. The van der Waals surface area contributed by atoms with E-state index in [1.165, 1.54) is 24.5 Å². The van der Waals surface area contributed by atoms with Crippen molar-refractivity contribution in [3.63, 3.8) is 0 Å². The lowest BCUT2D eigenvalue weighted by molar-refractivity contribution is 0.0937. The van der Waals surface area contributed by atoms with Crippen LogP contribution in [0.4, 0.5) is 0 Å². The summed E-state index contributed by atoms with van der Waals surface area (Å²) in [4.78, 5) is 15.6. The first kappa shape index (κ1) is 24.2. The summed E-state index contributed by atoms with van der Waals surface area (Å²) in [6.45, 7) is 5.92. The number of ether oxygens (including phenoxy) is 1. The summed E-state index contributed by atoms with van der Waals surface area (Å²) in [5, 5.41) is 3.04. The van der Waals surface area contributed by atoms with Gasteiger partial charge in [0, 0.05) is 31.8 Å². The summed E-state index contributed by atoms with van der Waals surface area (Å²) in [5.74, 6) is 0.506. The van der Waals surface area contributed by atoms with Gasteiger partial charge in [-0.2, -0.15) is 0 Å². The standard InChI is InChI=1S/C24H33N3O4S/c1-17-14-19(15-23(18(17)2)32(29,30)26(3)4)24(28)25-16-21(27-12-8-9-13-27)20-10-6-7-11-22(20)31-5/h6-7,10-11,14-15,21H,8-9,12-13,16H2,1-5H3,(H,25,28). The molecule has 1 N–H and O–H groups in total. The molecule has 32 heavy (non-hydrogen) atoms. The third-order valence-electron chi connectivity index (χ3n) is 6.18. The second-order valence-electron chi connectivity index (χ2n) is 8.41. The molecule has 0 spiro atoms. The largest absolute Gasteiger partial charge is 0.496 e. The molecule has 0 aliphatic carbocycles. The first-order chi connectivity index (χ1) is 15.2. The van der Waals surface area contributed by atoms with Gasteiger partial charge in [0.05, 0.1) is 18.0 Å². The summed E-state index contributed by atoms with van der Waals surface area (Å²) in [5.41, 5.74) is 2.79. The number of likely N-dealkylation sites (tertiary alicyclic amines) is 1. The summed E-state index contributed by atoms with van der Waals surface area (Å²) in [6.07, 6.45) is 2.25. The van der Waals surface area contributed by atoms with E-state index in [0.717, 1.165) is 42.8 Å². The number of sulfonamides is 1. The molecule has 1 atom stereocenters. The zero-order valence-electron chi connectivity index (χ0n) is 19.5. The summed E-state index contributed by atoms with van der Waals surface area (Å²) >= 11 is 0. The fourth-order valence-electron chi connectivity index (χ4n) is 4.14. The van der Waals surface area contributed by atoms with E-state index in [-0.39, 0.29) is 16.8 Å². The van der Waals surface area contributed by atoms with Crippen molar-refractivity contribution in [1.82, 2.24) is 14.5 Å². The van der Waals surface area contributed by atoms with E-state index in [1.54, 1.807) is 20.1 Å². The van der Waals surface area contributed by atoms with Crippen LogP contribution >= 0.6 is 0 Å². The van der Waals surface area contributed by atoms with E-state index in [1.807, 2.05) is 31.2 Å². The van der Waals surface area contributed by atoms with Gasteiger partial charge in [-0.1, -0.05) is 18.2 Å². The van der Waals surface area contributed by atoms with E-state index < -0.39 is 10.0 Å². The molecule has 1 unspecified atom stereocenters.